The first-order valence-corrected chi connectivity index (χ1v) is 7.26. The number of aliphatic hydroxyl groups excluding tert-OH is 1. The van der Waals surface area contributed by atoms with Crippen LogP contribution in [-0.2, 0) is 9.53 Å². The molecule has 1 saturated heterocycles. The lowest BCUT2D eigenvalue weighted by molar-refractivity contribution is -0.172. The molecule has 0 spiro atoms. The zero-order valence-corrected chi connectivity index (χ0v) is 11.8. The van der Waals surface area contributed by atoms with Gasteiger partial charge in [0.05, 0.1) is 17.1 Å². The molecule has 6 atom stereocenters. The van der Waals surface area contributed by atoms with E-state index in [0.29, 0.717) is 6.42 Å². The molecule has 4 aliphatic rings. The molecule has 1 aliphatic heterocycles. The SMILES string of the molecule is CC1(C)C[C@H]2[C@H](O)[C@@]34COC(=O)[C@]3(C4)[C@@](C)(O)[C@H]2C1. The molecule has 0 aromatic heterocycles. The molecule has 4 heteroatoms. The van der Waals surface area contributed by atoms with Gasteiger partial charge in [0, 0.05) is 0 Å². The average Bonchev–Trinajstić information content (AvgIpc) is 2.80. The van der Waals surface area contributed by atoms with Crippen molar-refractivity contribution in [3.05, 3.63) is 0 Å². The van der Waals surface area contributed by atoms with Crippen LogP contribution in [0.1, 0.15) is 40.0 Å². The summed E-state index contributed by atoms with van der Waals surface area (Å²) in [5.74, 6) is -0.200. The van der Waals surface area contributed by atoms with E-state index in [0.717, 1.165) is 12.8 Å². The smallest absolute Gasteiger partial charge is 0.315 e. The van der Waals surface area contributed by atoms with Crippen LogP contribution in [0.4, 0.5) is 0 Å². The third-order valence-corrected chi connectivity index (χ3v) is 6.75. The van der Waals surface area contributed by atoms with E-state index >= 15 is 0 Å². The molecule has 2 N–H and O–H groups in total. The number of hydrogen-bond acceptors (Lipinski definition) is 4. The molecule has 0 unspecified atom stereocenters. The number of rotatable bonds is 0. The van der Waals surface area contributed by atoms with Gasteiger partial charge in [0.25, 0.3) is 0 Å². The maximum Gasteiger partial charge on any atom is 0.315 e. The van der Waals surface area contributed by atoms with E-state index in [4.69, 9.17) is 4.74 Å². The topological polar surface area (TPSA) is 66.8 Å². The third kappa shape index (κ3) is 1.03. The predicted octanol–water partition coefficient (Wildman–Crippen LogP) is 1.10. The largest absolute Gasteiger partial charge is 0.464 e. The van der Waals surface area contributed by atoms with Gasteiger partial charge in [-0.2, -0.15) is 0 Å². The van der Waals surface area contributed by atoms with Gasteiger partial charge in [-0.1, -0.05) is 13.8 Å². The minimum Gasteiger partial charge on any atom is -0.464 e. The summed E-state index contributed by atoms with van der Waals surface area (Å²) in [6.07, 6.45) is 1.87. The Labute approximate surface area is 113 Å². The van der Waals surface area contributed by atoms with E-state index in [-0.39, 0.29) is 29.8 Å². The molecular formula is C15H22O4. The normalized spacial score (nSPS) is 61.1. The summed E-state index contributed by atoms with van der Waals surface area (Å²) in [6.45, 7) is 6.45. The van der Waals surface area contributed by atoms with Gasteiger partial charge in [-0.25, -0.2) is 0 Å². The van der Waals surface area contributed by atoms with E-state index in [2.05, 4.69) is 13.8 Å². The van der Waals surface area contributed by atoms with Crippen molar-refractivity contribution in [1.82, 2.24) is 0 Å². The average molecular weight is 266 g/mol. The summed E-state index contributed by atoms with van der Waals surface area (Å²) in [5, 5.41) is 21.9. The van der Waals surface area contributed by atoms with Crippen LogP contribution in [0.15, 0.2) is 0 Å². The summed E-state index contributed by atoms with van der Waals surface area (Å²) < 4.78 is 5.21. The minimum atomic E-state index is -1.04. The van der Waals surface area contributed by atoms with Crippen molar-refractivity contribution in [2.24, 2.45) is 28.1 Å². The molecular weight excluding hydrogens is 244 g/mol. The fourth-order valence-electron chi connectivity index (χ4n) is 5.81. The highest BCUT2D eigenvalue weighted by molar-refractivity contribution is 5.87. The Balaban J connectivity index is 1.85. The monoisotopic (exact) mass is 266 g/mol. The molecule has 19 heavy (non-hydrogen) atoms. The summed E-state index contributed by atoms with van der Waals surface area (Å²) in [5.41, 5.74) is -2.25. The van der Waals surface area contributed by atoms with Crippen molar-refractivity contribution in [2.75, 3.05) is 6.61 Å². The van der Waals surface area contributed by atoms with Crippen LogP contribution in [0.2, 0.25) is 0 Å². The number of esters is 1. The predicted molar refractivity (Wildman–Crippen MR) is 67.1 cm³/mol. The van der Waals surface area contributed by atoms with E-state index < -0.39 is 22.5 Å². The number of cyclic esters (lactones) is 1. The maximum absolute atomic E-state index is 12.2. The molecule has 0 radical (unpaired) electrons. The Morgan fingerprint density at radius 3 is 2.63 bits per heavy atom. The lowest BCUT2D eigenvalue weighted by Gasteiger charge is -2.47. The maximum atomic E-state index is 12.2. The fourth-order valence-corrected chi connectivity index (χ4v) is 5.81. The zero-order chi connectivity index (χ0) is 13.8. The van der Waals surface area contributed by atoms with Gasteiger partial charge in [-0.15, -0.1) is 0 Å². The van der Waals surface area contributed by atoms with Gasteiger partial charge < -0.3 is 14.9 Å². The molecule has 1 heterocycles. The second-order valence-corrected chi connectivity index (χ2v) is 8.25. The first-order valence-electron chi connectivity index (χ1n) is 7.26. The van der Waals surface area contributed by atoms with Crippen molar-refractivity contribution in [2.45, 2.75) is 51.7 Å². The molecule has 4 rings (SSSR count). The standard InChI is InChI=1S/C15H22O4/c1-12(2)4-8-9(5-12)13(3,18)15-6-14(15,10(8)16)7-19-11(15)17/h8-10,16,18H,4-7H2,1-3H3/t8-,9+,10+,13+,14-,15-/m1/s1. The van der Waals surface area contributed by atoms with E-state index in [1.807, 2.05) is 0 Å². The molecule has 0 aromatic rings. The quantitative estimate of drug-likeness (QED) is 0.644. The lowest BCUT2D eigenvalue weighted by Crippen LogP contribution is -2.58. The Hall–Kier alpha value is -0.610. The Kier molecular flexibility index (Phi) is 1.83. The number of aliphatic hydroxyl groups is 2. The van der Waals surface area contributed by atoms with Crippen LogP contribution in [0, 0.1) is 28.1 Å². The molecule has 4 fully saturated rings. The molecule has 3 saturated carbocycles. The van der Waals surface area contributed by atoms with Gasteiger partial charge in [0.15, 0.2) is 0 Å². The first-order chi connectivity index (χ1) is 8.68. The second-order valence-electron chi connectivity index (χ2n) is 8.25. The van der Waals surface area contributed by atoms with Crippen molar-refractivity contribution < 1.29 is 19.7 Å². The Morgan fingerprint density at radius 1 is 1.26 bits per heavy atom. The molecule has 0 amide bonds. The Bertz CT molecular complexity index is 483. The number of carbonyl (C=O) groups excluding carboxylic acids is 1. The van der Waals surface area contributed by atoms with Gasteiger partial charge in [-0.3, -0.25) is 4.79 Å². The van der Waals surface area contributed by atoms with Crippen LogP contribution in [-0.4, -0.2) is 34.5 Å². The molecule has 3 aliphatic carbocycles. The molecule has 0 bridgehead atoms. The molecule has 4 nitrogen and oxygen atoms in total. The summed E-state index contributed by atoms with van der Waals surface area (Å²) in [4.78, 5) is 12.2. The van der Waals surface area contributed by atoms with Crippen molar-refractivity contribution in [1.29, 1.82) is 0 Å². The summed E-state index contributed by atoms with van der Waals surface area (Å²) >= 11 is 0. The highest BCUT2D eigenvalue weighted by Gasteiger charge is 2.90. The first kappa shape index (κ1) is 12.2. The zero-order valence-electron chi connectivity index (χ0n) is 11.8. The number of ether oxygens (including phenoxy) is 1. The highest BCUT2D eigenvalue weighted by Crippen LogP contribution is 2.81. The molecule has 0 aromatic carbocycles. The Morgan fingerprint density at radius 2 is 1.95 bits per heavy atom. The number of carbonyl (C=O) groups is 1. The summed E-state index contributed by atoms with van der Waals surface area (Å²) in [7, 11) is 0. The summed E-state index contributed by atoms with van der Waals surface area (Å²) in [6, 6.07) is 0. The van der Waals surface area contributed by atoms with Gasteiger partial charge >= 0.3 is 5.97 Å². The van der Waals surface area contributed by atoms with Crippen LogP contribution in [0.3, 0.4) is 0 Å². The lowest BCUT2D eigenvalue weighted by atomic mass is 9.60. The number of hydrogen-bond donors (Lipinski definition) is 2. The van der Waals surface area contributed by atoms with Crippen LogP contribution in [0.5, 0.6) is 0 Å². The highest BCUT2D eigenvalue weighted by atomic mass is 16.5. The van der Waals surface area contributed by atoms with Crippen LogP contribution < -0.4 is 0 Å². The van der Waals surface area contributed by atoms with Crippen LogP contribution >= 0.6 is 0 Å². The minimum absolute atomic E-state index is 0.00113. The van der Waals surface area contributed by atoms with E-state index in [1.54, 1.807) is 6.92 Å². The van der Waals surface area contributed by atoms with Gasteiger partial charge in [-0.05, 0) is 43.4 Å². The van der Waals surface area contributed by atoms with E-state index in [9.17, 15) is 15.0 Å². The van der Waals surface area contributed by atoms with Crippen LogP contribution in [0.25, 0.3) is 0 Å². The second kappa shape index (κ2) is 2.86. The van der Waals surface area contributed by atoms with E-state index in [1.165, 1.54) is 0 Å². The third-order valence-electron chi connectivity index (χ3n) is 6.75. The molecule has 106 valence electrons. The van der Waals surface area contributed by atoms with Gasteiger partial charge in [0.1, 0.15) is 12.0 Å². The van der Waals surface area contributed by atoms with Crippen molar-refractivity contribution >= 4 is 5.97 Å². The van der Waals surface area contributed by atoms with Crippen molar-refractivity contribution in [3.8, 4) is 0 Å². The van der Waals surface area contributed by atoms with Crippen molar-refractivity contribution in [3.63, 3.8) is 0 Å². The van der Waals surface area contributed by atoms with Gasteiger partial charge in [0.2, 0.25) is 0 Å². The number of fused-ring (bicyclic) bond motifs is 1. The fraction of sp³-hybridized carbons (Fsp3) is 0.933.